The zero-order chi connectivity index (χ0) is 12.6. The third kappa shape index (κ3) is 4.46. The zero-order valence-electron chi connectivity index (χ0n) is 9.66. The summed E-state index contributed by atoms with van der Waals surface area (Å²) in [6, 6.07) is 0. The van der Waals surface area contributed by atoms with Crippen LogP contribution in [0.25, 0.3) is 0 Å². The summed E-state index contributed by atoms with van der Waals surface area (Å²) >= 11 is 3.15. The van der Waals surface area contributed by atoms with E-state index in [4.69, 9.17) is 15.2 Å². The molecule has 0 fully saturated rings. The van der Waals surface area contributed by atoms with Gasteiger partial charge in [-0.05, 0) is 20.8 Å². The smallest absolute Gasteiger partial charge is 0.385 e. The van der Waals surface area contributed by atoms with Crippen molar-refractivity contribution in [3.8, 4) is 0 Å². The Labute approximate surface area is 103 Å². The van der Waals surface area contributed by atoms with Crippen LogP contribution in [-0.2, 0) is 19.1 Å². The molecule has 0 aliphatic heterocycles. The van der Waals surface area contributed by atoms with Crippen molar-refractivity contribution in [1.82, 2.24) is 0 Å². The Morgan fingerprint density at radius 1 is 1.38 bits per heavy atom. The summed E-state index contributed by atoms with van der Waals surface area (Å²) in [5.74, 6) is -2.06. The highest BCUT2D eigenvalue weighted by molar-refractivity contribution is 9.09. The number of ether oxygens (including phenoxy) is 2. The van der Waals surface area contributed by atoms with Crippen molar-refractivity contribution in [3.05, 3.63) is 0 Å². The van der Waals surface area contributed by atoms with E-state index >= 15 is 0 Å². The Morgan fingerprint density at radius 2 is 1.88 bits per heavy atom. The number of halogens is 1. The molecule has 0 aliphatic carbocycles. The van der Waals surface area contributed by atoms with Crippen molar-refractivity contribution in [3.63, 3.8) is 0 Å². The predicted molar refractivity (Wildman–Crippen MR) is 63.2 cm³/mol. The van der Waals surface area contributed by atoms with Gasteiger partial charge in [-0.15, -0.1) is 0 Å². The molecule has 0 spiro atoms. The first-order chi connectivity index (χ1) is 7.52. The average Bonchev–Trinajstić information content (AvgIpc) is 2.25. The molecule has 16 heavy (non-hydrogen) atoms. The van der Waals surface area contributed by atoms with Crippen LogP contribution in [0.5, 0.6) is 0 Å². The molecule has 6 nitrogen and oxygen atoms in total. The summed E-state index contributed by atoms with van der Waals surface area (Å²) in [6.07, 6.45) is 0. The fourth-order valence-electron chi connectivity index (χ4n) is 0.941. The van der Waals surface area contributed by atoms with Gasteiger partial charge >= 0.3 is 5.97 Å². The van der Waals surface area contributed by atoms with Crippen LogP contribution in [0, 0.1) is 0 Å². The van der Waals surface area contributed by atoms with E-state index in [1.807, 2.05) is 0 Å². The summed E-state index contributed by atoms with van der Waals surface area (Å²) in [4.78, 5) is 16.3. The summed E-state index contributed by atoms with van der Waals surface area (Å²) in [5.41, 5.74) is 5.25. The summed E-state index contributed by atoms with van der Waals surface area (Å²) < 4.78 is 10.5. The second-order valence-electron chi connectivity index (χ2n) is 2.86. The molecule has 0 aromatic rings. The number of oxime groups is 1. The van der Waals surface area contributed by atoms with Crippen molar-refractivity contribution in [2.75, 3.05) is 18.5 Å². The third-order valence-corrected chi connectivity index (χ3v) is 2.25. The second kappa shape index (κ2) is 7.59. The fourth-order valence-corrected chi connectivity index (χ4v) is 1.49. The van der Waals surface area contributed by atoms with E-state index in [9.17, 15) is 4.79 Å². The summed E-state index contributed by atoms with van der Waals surface area (Å²) in [7, 11) is 0. The van der Waals surface area contributed by atoms with E-state index in [2.05, 4.69) is 25.9 Å². The van der Waals surface area contributed by atoms with Gasteiger partial charge in [0, 0.05) is 13.2 Å². The largest absolute Gasteiger partial charge is 0.394 e. The van der Waals surface area contributed by atoms with Gasteiger partial charge in [-0.25, -0.2) is 4.79 Å². The Kier molecular flexibility index (Phi) is 7.27. The maximum Gasteiger partial charge on any atom is 0.394 e. The molecule has 0 heterocycles. The van der Waals surface area contributed by atoms with E-state index < -0.39 is 11.8 Å². The molecular weight excluding hydrogens is 280 g/mol. The van der Waals surface area contributed by atoms with E-state index in [0.29, 0.717) is 13.2 Å². The van der Waals surface area contributed by atoms with Crippen molar-refractivity contribution < 1.29 is 19.1 Å². The van der Waals surface area contributed by atoms with Gasteiger partial charge in [-0.3, -0.25) is 0 Å². The number of rotatable bonds is 7. The predicted octanol–water partition coefficient (Wildman–Crippen LogP) is 0.986. The lowest BCUT2D eigenvalue weighted by Crippen LogP contribution is -2.47. The minimum Gasteiger partial charge on any atom is -0.385 e. The maximum absolute atomic E-state index is 11.7. The van der Waals surface area contributed by atoms with E-state index in [0.717, 1.165) is 0 Å². The van der Waals surface area contributed by atoms with Gasteiger partial charge in [-0.2, -0.15) is 0 Å². The highest BCUT2D eigenvalue weighted by Crippen LogP contribution is 2.19. The first-order valence-electron chi connectivity index (χ1n) is 4.87. The first kappa shape index (κ1) is 15.3. The van der Waals surface area contributed by atoms with E-state index in [1.165, 1.54) is 6.92 Å². The Balaban J connectivity index is 4.71. The summed E-state index contributed by atoms with van der Waals surface area (Å²) in [5, 5.41) is 3.52. The number of nitrogens with two attached hydrogens (primary N) is 1. The number of hydrogen-bond donors (Lipinski definition) is 1. The Morgan fingerprint density at radius 3 is 2.19 bits per heavy atom. The van der Waals surface area contributed by atoms with E-state index in [-0.39, 0.29) is 11.2 Å². The molecule has 0 aromatic carbocycles. The molecule has 0 radical (unpaired) electrons. The monoisotopic (exact) mass is 296 g/mol. The molecule has 0 saturated heterocycles. The molecule has 0 rings (SSSR count). The Hall–Kier alpha value is -0.660. The van der Waals surface area contributed by atoms with Crippen LogP contribution in [0.1, 0.15) is 20.8 Å². The second-order valence-corrected chi connectivity index (χ2v) is 3.42. The van der Waals surface area contributed by atoms with Gasteiger partial charge in [0.05, 0.1) is 5.33 Å². The van der Waals surface area contributed by atoms with Gasteiger partial charge < -0.3 is 20.0 Å². The first-order valence-corrected chi connectivity index (χ1v) is 6.00. The van der Waals surface area contributed by atoms with Crippen LogP contribution in [0.2, 0.25) is 0 Å². The van der Waals surface area contributed by atoms with Crippen molar-refractivity contribution >= 4 is 27.7 Å². The molecule has 2 N–H and O–H groups in total. The molecule has 0 amide bonds. The fraction of sp³-hybridized carbons (Fsp3) is 0.778. The third-order valence-electron chi connectivity index (χ3n) is 1.51. The lowest BCUT2D eigenvalue weighted by molar-refractivity contribution is -0.235. The SMILES string of the molecule is CCOC(CBr)(OCC)C(=O)O/N=C(\C)N. The molecule has 0 saturated carbocycles. The van der Waals surface area contributed by atoms with Crippen LogP contribution < -0.4 is 5.73 Å². The molecule has 0 bridgehead atoms. The van der Waals surface area contributed by atoms with Crippen molar-refractivity contribution in [2.45, 2.75) is 26.6 Å². The van der Waals surface area contributed by atoms with Crippen LogP contribution in [0.4, 0.5) is 0 Å². The topological polar surface area (TPSA) is 83.1 Å². The lowest BCUT2D eigenvalue weighted by atomic mass is 10.3. The number of alkyl halides is 1. The highest BCUT2D eigenvalue weighted by atomic mass is 79.9. The normalized spacial score (nSPS) is 12.6. The number of carbonyl (C=O) groups excluding carboxylic acids is 1. The van der Waals surface area contributed by atoms with Crippen LogP contribution >= 0.6 is 15.9 Å². The van der Waals surface area contributed by atoms with Gasteiger partial charge in [0.1, 0.15) is 5.84 Å². The molecule has 0 aromatic heterocycles. The number of nitrogens with zero attached hydrogens (tertiary/aromatic N) is 1. The number of carbonyl (C=O) groups is 1. The molecule has 94 valence electrons. The van der Waals surface area contributed by atoms with Gasteiger partial charge in [0.2, 0.25) is 0 Å². The zero-order valence-corrected chi connectivity index (χ0v) is 11.2. The Bertz CT molecular complexity index is 248. The minimum atomic E-state index is -1.47. The van der Waals surface area contributed by atoms with Gasteiger partial charge in [0.15, 0.2) is 0 Å². The quantitative estimate of drug-likeness (QED) is 0.189. The van der Waals surface area contributed by atoms with Crippen LogP contribution in [-0.4, -0.2) is 36.1 Å². The lowest BCUT2D eigenvalue weighted by Gasteiger charge is -2.27. The molecule has 0 atom stereocenters. The molecule has 7 heteroatoms. The molecule has 0 aliphatic rings. The number of hydrogen-bond acceptors (Lipinski definition) is 5. The van der Waals surface area contributed by atoms with Crippen LogP contribution in [0.3, 0.4) is 0 Å². The van der Waals surface area contributed by atoms with Crippen LogP contribution in [0.15, 0.2) is 5.16 Å². The van der Waals surface area contributed by atoms with Gasteiger partial charge in [-0.1, -0.05) is 21.1 Å². The van der Waals surface area contributed by atoms with Crippen molar-refractivity contribution in [1.29, 1.82) is 0 Å². The van der Waals surface area contributed by atoms with Gasteiger partial charge in [0.25, 0.3) is 5.79 Å². The molecular formula is C9H17BrN2O4. The average molecular weight is 297 g/mol. The highest BCUT2D eigenvalue weighted by Gasteiger charge is 2.42. The summed E-state index contributed by atoms with van der Waals surface area (Å²) in [6.45, 7) is 5.63. The standard InChI is InChI=1S/C9H17BrN2O4/c1-4-14-9(6-10,15-5-2)8(13)16-12-7(3)11/h4-6H2,1-3H3,(H2,11,12). The minimum absolute atomic E-state index is 0.143. The number of amidine groups is 1. The van der Waals surface area contributed by atoms with E-state index in [1.54, 1.807) is 13.8 Å². The molecule has 0 unspecified atom stereocenters. The van der Waals surface area contributed by atoms with Crippen molar-refractivity contribution in [2.24, 2.45) is 10.9 Å². The maximum atomic E-state index is 11.7.